The zero-order chi connectivity index (χ0) is 17.1. The molecule has 0 unspecified atom stereocenters. The Morgan fingerprint density at radius 1 is 1.08 bits per heavy atom. The molecule has 3 rings (SSSR count). The number of ether oxygens (including phenoxy) is 2. The molecule has 0 spiro atoms. The number of methoxy groups -OCH3 is 1. The molecule has 128 valence electrons. The number of hydrogen-bond acceptors (Lipinski definition) is 4. The number of nitrogens with zero attached hydrogens (tertiary/aromatic N) is 1. The molecule has 2 heterocycles. The summed E-state index contributed by atoms with van der Waals surface area (Å²) in [4.78, 5) is 14.5. The molecule has 1 saturated heterocycles. The maximum Gasteiger partial charge on any atom is 0.290 e. The third-order valence-electron chi connectivity index (χ3n) is 4.23. The highest BCUT2D eigenvalue weighted by atomic mass is 16.6. The number of furan rings is 1. The Balaban J connectivity index is 1.72. The van der Waals surface area contributed by atoms with Crippen LogP contribution in [0.2, 0.25) is 0 Å². The fourth-order valence-electron chi connectivity index (χ4n) is 3.29. The number of amides is 1. The molecule has 1 fully saturated rings. The Hall–Kier alpha value is -2.43. The first-order chi connectivity index (χ1) is 11.6. The molecule has 0 aliphatic carbocycles. The van der Waals surface area contributed by atoms with Crippen molar-refractivity contribution in [3.8, 4) is 17.4 Å². The minimum Gasteiger partial charge on any atom is -0.493 e. The highest BCUT2D eigenvalue weighted by Crippen LogP contribution is 2.32. The summed E-state index contributed by atoms with van der Waals surface area (Å²) in [6.45, 7) is 5.89. The minimum atomic E-state index is -0.0803. The molecule has 0 bridgehead atoms. The van der Waals surface area contributed by atoms with Gasteiger partial charge in [0.1, 0.15) is 0 Å². The van der Waals surface area contributed by atoms with E-state index in [1.54, 1.807) is 31.4 Å². The van der Waals surface area contributed by atoms with Gasteiger partial charge in [0.05, 0.1) is 7.11 Å². The van der Waals surface area contributed by atoms with Crippen LogP contribution in [0.1, 0.15) is 30.8 Å². The Morgan fingerprint density at radius 2 is 1.75 bits per heavy atom. The predicted octanol–water partition coefficient (Wildman–Crippen LogP) is 4.20. The number of likely N-dealkylation sites (tertiary alicyclic amines) is 1. The lowest BCUT2D eigenvalue weighted by atomic mass is 9.92. The second-order valence-corrected chi connectivity index (χ2v) is 6.53. The molecule has 1 aliphatic heterocycles. The van der Waals surface area contributed by atoms with Crippen molar-refractivity contribution in [2.75, 3.05) is 20.2 Å². The first-order valence-electron chi connectivity index (χ1n) is 8.26. The van der Waals surface area contributed by atoms with Crippen LogP contribution in [0, 0.1) is 11.8 Å². The lowest BCUT2D eigenvalue weighted by Crippen LogP contribution is -2.42. The Kier molecular flexibility index (Phi) is 4.79. The third-order valence-corrected chi connectivity index (χ3v) is 4.23. The molecular formula is C19H23NO4. The standard InChI is InChI=1S/C19H23NO4/c1-13-10-14(2)12-20(11-13)19(21)17-8-9-18(24-17)23-16-7-5-4-6-15(16)22-3/h4-9,13-14H,10-12H2,1-3H3/t13-,14-/m1/s1. The van der Waals surface area contributed by atoms with Gasteiger partial charge in [0.15, 0.2) is 17.3 Å². The summed E-state index contributed by atoms with van der Waals surface area (Å²) < 4.78 is 16.6. The van der Waals surface area contributed by atoms with Crippen molar-refractivity contribution in [1.29, 1.82) is 0 Å². The van der Waals surface area contributed by atoms with E-state index in [4.69, 9.17) is 13.9 Å². The summed E-state index contributed by atoms with van der Waals surface area (Å²) in [6.07, 6.45) is 1.16. The number of piperidine rings is 1. The average Bonchev–Trinajstić information content (AvgIpc) is 3.02. The average molecular weight is 329 g/mol. The van der Waals surface area contributed by atoms with Crippen LogP contribution >= 0.6 is 0 Å². The molecule has 5 heteroatoms. The largest absolute Gasteiger partial charge is 0.493 e. The molecular weight excluding hydrogens is 306 g/mol. The van der Waals surface area contributed by atoms with E-state index in [-0.39, 0.29) is 11.9 Å². The molecule has 1 aromatic carbocycles. The van der Waals surface area contributed by atoms with Crippen LogP contribution in [0.3, 0.4) is 0 Å². The summed E-state index contributed by atoms with van der Waals surface area (Å²) in [6, 6.07) is 10.6. The monoisotopic (exact) mass is 329 g/mol. The second kappa shape index (κ2) is 6.99. The molecule has 24 heavy (non-hydrogen) atoms. The van der Waals surface area contributed by atoms with Gasteiger partial charge in [0, 0.05) is 19.2 Å². The number of benzene rings is 1. The van der Waals surface area contributed by atoms with Crippen molar-refractivity contribution in [1.82, 2.24) is 4.90 Å². The van der Waals surface area contributed by atoms with E-state index in [2.05, 4.69) is 13.8 Å². The first-order valence-corrected chi connectivity index (χ1v) is 8.26. The molecule has 5 nitrogen and oxygen atoms in total. The van der Waals surface area contributed by atoms with Gasteiger partial charge in [0.2, 0.25) is 0 Å². The third kappa shape index (κ3) is 3.55. The van der Waals surface area contributed by atoms with E-state index in [1.165, 1.54) is 0 Å². The van der Waals surface area contributed by atoms with Gasteiger partial charge in [-0.05, 0) is 36.5 Å². The lowest BCUT2D eigenvalue weighted by molar-refractivity contribution is 0.0587. The van der Waals surface area contributed by atoms with Gasteiger partial charge >= 0.3 is 0 Å². The molecule has 1 aromatic heterocycles. The summed E-state index contributed by atoms with van der Waals surface area (Å²) in [5.41, 5.74) is 0. The maximum absolute atomic E-state index is 12.6. The summed E-state index contributed by atoms with van der Waals surface area (Å²) in [5.74, 6) is 2.69. The maximum atomic E-state index is 12.6. The molecule has 2 atom stereocenters. The van der Waals surface area contributed by atoms with Crippen LogP contribution in [0.4, 0.5) is 0 Å². The Morgan fingerprint density at radius 3 is 2.42 bits per heavy atom. The van der Waals surface area contributed by atoms with E-state index < -0.39 is 0 Å². The minimum absolute atomic E-state index is 0.0803. The van der Waals surface area contributed by atoms with Crippen molar-refractivity contribution < 1.29 is 18.7 Å². The van der Waals surface area contributed by atoms with Crippen molar-refractivity contribution in [3.05, 3.63) is 42.2 Å². The van der Waals surface area contributed by atoms with Crippen molar-refractivity contribution in [2.45, 2.75) is 20.3 Å². The summed E-state index contributed by atoms with van der Waals surface area (Å²) >= 11 is 0. The molecule has 1 amide bonds. The summed E-state index contributed by atoms with van der Waals surface area (Å²) in [7, 11) is 1.58. The van der Waals surface area contributed by atoms with Crippen LogP contribution in [0.25, 0.3) is 0 Å². The van der Waals surface area contributed by atoms with Gasteiger partial charge < -0.3 is 18.8 Å². The van der Waals surface area contributed by atoms with Crippen molar-refractivity contribution in [3.63, 3.8) is 0 Å². The number of carbonyl (C=O) groups excluding carboxylic acids is 1. The number of rotatable bonds is 4. The van der Waals surface area contributed by atoms with E-state index in [0.717, 1.165) is 19.5 Å². The number of hydrogen-bond donors (Lipinski definition) is 0. The fourth-order valence-corrected chi connectivity index (χ4v) is 3.29. The van der Waals surface area contributed by atoms with E-state index >= 15 is 0 Å². The van der Waals surface area contributed by atoms with Gasteiger partial charge in [-0.15, -0.1) is 0 Å². The van der Waals surface area contributed by atoms with Crippen LogP contribution < -0.4 is 9.47 Å². The zero-order valence-electron chi connectivity index (χ0n) is 14.3. The van der Waals surface area contributed by atoms with Gasteiger partial charge in [-0.1, -0.05) is 26.0 Å². The Labute approximate surface area is 142 Å². The van der Waals surface area contributed by atoms with Gasteiger partial charge in [-0.25, -0.2) is 0 Å². The van der Waals surface area contributed by atoms with Crippen LogP contribution in [-0.4, -0.2) is 31.0 Å². The van der Waals surface area contributed by atoms with Gasteiger partial charge in [0.25, 0.3) is 11.9 Å². The van der Waals surface area contributed by atoms with Crippen LogP contribution in [0.5, 0.6) is 17.4 Å². The van der Waals surface area contributed by atoms with Gasteiger partial charge in [-0.3, -0.25) is 4.79 Å². The topological polar surface area (TPSA) is 51.9 Å². The molecule has 2 aromatic rings. The van der Waals surface area contributed by atoms with Crippen LogP contribution in [0.15, 0.2) is 40.8 Å². The van der Waals surface area contributed by atoms with Gasteiger partial charge in [-0.2, -0.15) is 0 Å². The first kappa shape index (κ1) is 16.4. The Bertz CT molecular complexity index is 699. The van der Waals surface area contributed by atoms with Crippen molar-refractivity contribution >= 4 is 5.91 Å². The summed E-state index contributed by atoms with van der Waals surface area (Å²) in [5, 5.41) is 0. The van der Waals surface area contributed by atoms with Crippen LogP contribution in [-0.2, 0) is 0 Å². The number of carbonyl (C=O) groups is 1. The molecule has 0 radical (unpaired) electrons. The predicted molar refractivity (Wildman–Crippen MR) is 90.6 cm³/mol. The second-order valence-electron chi connectivity index (χ2n) is 6.53. The highest BCUT2D eigenvalue weighted by Gasteiger charge is 2.28. The SMILES string of the molecule is COc1ccccc1Oc1ccc(C(=O)N2C[C@H](C)C[C@@H](C)C2)o1. The van der Waals surface area contributed by atoms with E-state index in [9.17, 15) is 4.79 Å². The normalized spacial score (nSPS) is 20.7. The van der Waals surface area contributed by atoms with E-state index in [1.807, 2.05) is 17.0 Å². The van der Waals surface area contributed by atoms with Crippen molar-refractivity contribution in [2.24, 2.45) is 11.8 Å². The molecule has 0 N–H and O–H groups in total. The fraction of sp³-hybridized carbons (Fsp3) is 0.421. The van der Waals surface area contributed by atoms with E-state index in [0.29, 0.717) is 29.1 Å². The molecule has 0 saturated carbocycles. The highest BCUT2D eigenvalue weighted by molar-refractivity contribution is 5.91. The smallest absolute Gasteiger partial charge is 0.290 e. The zero-order valence-corrected chi connectivity index (χ0v) is 14.3. The lowest BCUT2D eigenvalue weighted by Gasteiger charge is -2.34. The quantitative estimate of drug-likeness (QED) is 0.843. The number of para-hydroxylation sites is 2. The molecule has 1 aliphatic rings.